The van der Waals surface area contributed by atoms with Gasteiger partial charge in [0.25, 0.3) is 0 Å². The molecule has 0 bridgehead atoms. The summed E-state index contributed by atoms with van der Waals surface area (Å²) in [6, 6.07) is 0. The van der Waals surface area contributed by atoms with Crippen molar-refractivity contribution >= 4 is 0 Å². The van der Waals surface area contributed by atoms with E-state index in [1.165, 1.54) is 0 Å². The Morgan fingerprint density at radius 2 is 2.24 bits per heavy atom. The Bertz CT molecular complexity index is 461. The van der Waals surface area contributed by atoms with Crippen LogP contribution in [-0.4, -0.2) is 59.3 Å². The van der Waals surface area contributed by atoms with Crippen molar-refractivity contribution in [2.75, 3.05) is 33.3 Å². The Balaban J connectivity index is 1.87. The zero-order valence-corrected chi connectivity index (χ0v) is 12.0. The van der Waals surface area contributed by atoms with E-state index in [0.29, 0.717) is 6.54 Å². The molecule has 0 amide bonds. The number of fused-ring (bicyclic) bond motifs is 1. The van der Waals surface area contributed by atoms with Crippen LogP contribution < -0.4 is 5.32 Å². The highest BCUT2D eigenvalue weighted by Gasteiger charge is 2.26. The largest absolute Gasteiger partial charge is 0.401 e. The number of aliphatic hydroxyl groups is 1. The number of likely N-dealkylation sites (N-methyl/N-ethyl adjacent to an activating group) is 1. The lowest BCUT2D eigenvalue weighted by Crippen LogP contribution is -2.35. The van der Waals surface area contributed by atoms with Gasteiger partial charge in [0.05, 0.1) is 12.2 Å². The van der Waals surface area contributed by atoms with Crippen molar-refractivity contribution in [2.45, 2.75) is 25.7 Å². The Kier molecular flexibility index (Phi) is 5.23. The molecule has 8 heteroatoms. The van der Waals surface area contributed by atoms with Gasteiger partial charge in [0.1, 0.15) is 0 Å². The van der Waals surface area contributed by atoms with Crippen molar-refractivity contribution in [1.82, 2.24) is 20.0 Å². The van der Waals surface area contributed by atoms with Gasteiger partial charge < -0.3 is 15.3 Å². The van der Waals surface area contributed by atoms with Gasteiger partial charge in [0, 0.05) is 56.9 Å². The van der Waals surface area contributed by atoms with Crippen molar-refractivity contribution in [3.8, 4) is 0 Å². The van der Waals surface area contributed by atoms with Crippen molar-refractivity contribution in [2.24, 2.45) is 5.92 Å². The van der Waals surface area contributed by atoms with E-state index in [1.54, 1.807) is 4.68 Å². The third-order valence-electron chi connectivity index (χ3n) is 3.56. The Morgan fingerprint density at radius 3 is 2.90 bits per heavy atom. The molecule has 1 unspecified atom stereocenters. The molecule has 1 aliphatic heterocycles. The topological polar surface area (TPSA) is 53.3 Å². The minimum absolute atomic E-state index is 0.112. The molecule has 120 valence electrons. The lowest BCUT2D eigenvalue weighted by atomic mass is 10.1. The van der Waals surface area contributed by atoms with E-state index in [0.717, 1.165) is 30.8 Å². The van der Waals surface area contributed by atoms with E-state index in [-0.39, 0.29) is 19.1 Å². The summed E-state index contributed by atoms with van der Waals surface area (Å²) < 4.78 is 38.0. The lowest BCUT2D eigenvalue weighted by molar-refractivity contribution is -0.125. The quantitative estimate of drug-likeness (QED) is 0.809. The molecule has 0 spiro atoms. The zero-order valence-electron chi connectivity index (χ0n) is 12.0. The molecule has 1 aliphatic rings. The van der Waals surface area contributed by atoms with Gasteiger partial charge in [0.15, 0.2) is 0 Å². The van der Waals surface area contributed by atoms with Crippen LogP contribution in [0.3, 0.4) is 0 Å². The van der Waals surface area contributed by atoms with Crippen LogP contribution in [0.1, 0.15) is 11.3 Å². The van der Waals surface area contributed by atoms with Crippen LogP contribution >= 0.6 is 0 Å². The van der Waals surface area contributed by atoms with E-state index in [4.69, 9.17) is 0 Å². The molecule has 0 saturated heterocycles. The molecule has 21 heavy (non-hydrogen) atoms. The highest BCUT2D eigenvalue weighted by atomic mass is 19.4. The van der Waals surface area contributed by atoms with Gasteiger partial charge in [0.2, 0.25) is 0 Å². The van der Waals surface area contributed by atoms with Gasteiger partial charge in [-0.1, -0.05) is 0 Å². The number of nitrogens with zero attached hydrogens (tertiary/aromatic N) is 3. The van der Waals surface area contributed by atoms with E-state index < -0.39 is 12.7 Å². The van der Waals surface area contributed by atoms with Crippen LogP contribution in [0.5, 0.6) is 0 Å². The van der Waals surface area contributed by atoms with Crippen LogP contribution in [0, 0.1) is 5.92 Å². The monoisotopic (exact) mass is 306 g/mol. The first kappa shape index (κ1) is 16.3. The van der Waals surface area contributed by atoms with Gasteiger partial charge >= 0.3 is 6.18 Å². The standard InChI is InChI=1S/C13H21F3N4O/c1-19-3-2-12-11(6-19)7-20(18-12)5-10(8-21)4-17-9-13(14,15)16/h7,10,17,21H,2-6,8-9H2,1H3. The lowest BCUT2D eigenvalue weighted by Gasteiger charge is -2.20. The predicted molar refractivity (Wildman–Crippen MR) is 71.8 cm³/mol. The van der Waals surface area contributed by atoms with Gasteiger partial charge in [-0.3, -0.25) is 4.68 Å². The maximum Gasteiger partial charge on any atom is 0.401 e. The summed E-state index contributed by atoms with van der Waals surface area (Å²) in [7, 11) is 2.04. The number of hydrogen-bond donors (Lipinski definition) is 2. The van der Waals surface area contributed by atoms with Gasteiger partial charge in [-0.05, 0) is 7.05 Å². The molecule has 0 saturated carbocycles. The number of alkyl halides is 3. The summed E-state index contributed by atoms with van der Waals surface area (Å²) in [5.74, 6) is -0.286. The number of aliphatic hydroxyl groups excluding tert-OH is 1. The van der Waals surface area contributed by atoms with Gasteiger partial charge in [-0.2, -0.15) is 18.3 Å². The number of rotatable bonds is 6. The molecule has 0 aliphatic carbocycles. The van der Waals surface area contributed by atoms with Crippen LogP contribution in [-0.2, 0) is 19.5 Å². The maximum atomic E-state index is 12.1. The highest BCUT2D eigenvalue weighted by Crippen LogP contribution is 2.17. The zero-order chi connectivity index (χ0) is 15.5. The van der Waals surface area contributed by atoms with E-state index >= 15 is 0 Å². The van der Waals surface area contributed by atoms with Crippen molar-refractivity contribution < 1.29 is 18.3 Å². The molecule has 2 N–H and O–H groups in total. The summed E-state index contributed by atoms with van der Waals surface area (Å²) in [5, 5.41) is 16.1. The molecule has 1 aromatic heterocycles. The molecule has 1 atom stereocenters. The fraction of sp³-hybridized carbons (Fsp3) is 0.769. The number of nitrogens with one attached hydrogen (secondary N) is 1. The predicted octanol–water partition coefficient (Wildman–Crippen LogP) is 0.631. The summed E-state index contributed by atoms with van der Waals surface area (Å²) in [6.45, 7) is 1.11. The van der Waals surface area contributed by atoms with E-state index in [1.807, 2.05) is 13.2 Å². The average molecular weight is 306 g/mol. The second-order valence-electron chi connectivity index (χ2n) is 5.61. The van der Waals surface area contributed by atoms with Crippen LogP contribution in [0.2, 0.25) is 0 Å². The van der Waals surface area contributed by atoms with Crippen LogP contribution in [0.15, 0.2) is 6.20 Å². The minimum Gasteiger partial charge on any atom is -0.396 e. The molecule has 5 nitrogen and oxygen atoms in total. The summed E-state index contributed by atoms with van der Waals surface area (Å²) in [5.41, 5.74) is 2.21. The van der Waals surface area contributed by atoms with Gasteiger partial charge in [-0.15, -0.1) is 0 Å². The molecular weight excluding hydrogens is 285 g/mol. The third kappa shape index (κ3) is 4.98. The summed E-state index contributed by atoms with van der Waals surface area (Å²) in [4.78, 5) is 2.20. The number of halogens is 3. The SMILES string of the molecule is CN1CCc2nn(CC(CO)CNCC(F)(F)F)cc2C1. The second-order valence-corrected chi connectivity index (χ2v) is 5.61. The molecule has 2 heterocycles. The van der Waals surface area contributed by atoms with E-state index in [2.05, 4.69) is 15.3 Å². The van der Waals surface area contributed by atoms with Crippen molar-refractivity contribution in [3.63, 3.8) is 0 Å². The first-order valence-corrected chi connectivity index (χ1v) is 6.99. The molecular formula is C13H21F3N4O. The summed E-state index contributed by atoms with van der Waals surface area (Å²) in [6.07, 6.45) is -1.41. The highest BCUT2D eigenvalue weighted by molar-refractivity contribution is 5.19. The normalized spacial score (nSPS) is 17.8. The average Bonchev–Trinajstić information content (AvgIpc) is 2.77. The minimum atomic E-state index is -4.23. The third-order valence-corrected chi connectivity index (χ3v) is 3.56. The molecule has 1 aromatic rings. The second kappa shape index (κ2) is 6.76. The fourth-order valence-electron chi connectivity index (χ4n) is 2.47. The van der Waals surface area contributed by atoms with Crippen LogP contribution in [0.4, 0.5) is 13.2 Å². The Hall–Kier alpha value is -1.12. The maximum absolute atomic E-state index is 12.1. The van der Waals surface area contributed by atoms with Gasteiger partial charge in [-0.25, -0.2) is 0 Å². The molecule has 0 radical (unpaired) electrons. The van der Waals surface area contributed by atoms with Crippen molar-refractivity contribution in [1.29, 1.82) is 0 Å². The first-order chi connectivity index (χ1) is 9.87. The summed E-state index contributed by atoms with van der Waals surface area (Å²) >= 11 is 0. The van der Waals surface area contributed by atoms with Crippen LogP contribution in [0.25, 0.3) is 0 Å². The molecule has 0 fully saturated rings. The number of aromatic nitrogens is 2. The Morgan fingerprint density at radius 1 is 1.48 bits per heavy atom. The molecule has 0 aromatic carbocycles. The fourth-order valence-corrected chi connectivity index (χ4v) is 2.47. The Labute approximate surface area is 121 Å². The smallest absolute Gasteiger partial charge is 0.396 e. The number of hydrogen-bond acceptors (Lipinski definition) is 4. The van der Waals surface area contributed by atoms with E-state index in [9.17, 15) is 18.3 Å². The first-order valence-electron chi connectivity index (χ1n) is 6.99. The molecule has 2 rings (SSSR count). The van der Waals surface area contributed by atoms with Crippen molar-refractivity contribution in [3.05, 3.63) is 17.5 Å².